The summed E-state index contributed by atoms with van der Waals surface area (Å²) in [5, 5.41) is 9.39. The SMILES string of the molecule is NCC[C@@H](O)C1CCOC1. The largest absolute Gasteiger partial charge is 0.393 e. The molecule has 0 aliphatic carbocycles. The van der Waals surface area contributed by atoms with Crippen LogP contribution in [-0.4, -0.2) is 31.0 Å². The smallest absolute Gasteiger partial charge is 0.0603 e. The van der Waals surface area contributed by atoms with Crippen LogP contribution in [0.3, 0.4) is 0 Å². The molecular weight excluding hydrogens is 130 g/mol. The van der Waals surface area contributed by atoms with E-state index in [9.17, 15) is 5.11 Å². The van der Waals surface area contributed by atoms with Crippen LogP contribution in [0.25, 0.3) is 0 Å². The Morgan fingerprint density at radius 2 is 2.50 bits per heavy atom. The topological polar surface area (TPSA) is 55.5 Å². The Morgan fingerprint density at radius 3 is 3.00 bits per heavy atom. The second-order valence-corrected chi connectivity index (χ2v) is 2.77. The van der Waals surface area contributed by atoms with Crippen molar-refractivity contribution < 1.29 is 9.84 Å². The third-order valence-corrected chi connectivity index (χ3v) is 1.97. The Morgan fingerprint density at radius 1 is 1.70 bits per heavy atom. The van der Waals surface area contributed by atoms with Crippen molar-refractivity contribution in [2.45, 2.75) is 18.9 Å². The molecule has 3 N–H and O–H groups in total. The second-order valence-electron chi connectivity index (χ2n) is 2.77. The summed E-state index contributed by atoms with van der Waals surface area (Å²) in [5.41, 5.74) is 5.30. The molecule has 0 saturated carbocycles. The van der Waals surface area contributed by atoms with Gasteiger partial charge in [0.25, 0.3) is 0 Å². The molecule has 60 valence electrons. The summed E-state index contributed by atoms with van der Waals surface area (Å²) in [4.78, 5) is 0. The highest BCUT2D eigenvalue weighted by molar-refractivity contribution is 4.72. The monoisotopic (exact) mass is 145 g/mol. The Bertz CT molecular complexity index is 91.6. The van der Waals surface area contributed by atoms with Crippen LogP contribution in [0.15, 0.2) is 0 Å². The predicted molar refractivity (Wildman–Crippen MR) is 38.6 cm³/mol. The molecule has 0 aromatic carbocycles. The van der Waals surface area contributed by atoms with E-state index in [1.807, 2.05) is 0 Å². The van der Waals surface area contributed by atoms with Gasteiger partial charge < -0.3 is 15.6 Å². The van der Waals surface area contributed by atoms with E-state index in [2.05, 4.69) is 0 Å². The molecule has 0 amide bonds. The third kappa shape index (κ3) is 1.94. The quantitative estimate of drug-likeness (QED) is 0.575. The number of nitrogens with two attached hydrogens (primary N) is 1. The average Bonchev–Trinajstić information content (AvgIpc) is 2.38. The van der Waals surface area contributed by atoms with Gasteiger partial charge in [0.15, 0.2) is 0 Å². The van der Waals surface area contributed by atoms with Crippen LogP contribution < -0.4 is 5.73 Å². The van der Waals surface area contributed by atoms with E-state index < -0.39 is 0 Å². The van der Waals surface area contributed by atoms with Crippen molar-refractivity contribution in [2.75, 3.05) is 19.8 Å². The summed E-state index contributed by atoms with van der Waals surface area (Å²) in [6.45, 7) is 2.07. The second kappa shape index (κ2) is 3.91. The molecule has 1 heterocycles. The third-order valence-electron chi connectivity index (χ3n) is 1.97. The first-order valence-corrected chi connectivity index (χ1v) is 3.80. The van der Waals surface area contributed by atoms with E-state index in [0.29, 0.717) is 25.5 Å². The van der Waals surface area contributed by atoms with Gasteiger partial charge in [-0.15, -0.1) is 0 Å². The number of rotatable bonds is 3. The number of aliphatic hydroxyl groups is 1. The first-order chi connectivity index (χ1) is 4.84. The van der Waals surface area contributed by atoms with Crippen LogP contribution >= 0.6 is 0 Å². The lowest BCUT2D eigenvalue weighted by atomic mass is 9.99. The number of aliphatic hydroxyl groups excluding tert-OH is 1. The first kappa shape index (κ1) is 7.98. The molecular formula is C7H15NO2. The highest BCUT2D eigenvalue weighted by Gasteiger charge is 2.22. The molecule has 1 aliphatic heterocycles. The molecule has 3 nitrogen and oxygen atoms in total. The Balaban J connectivity index is 2.18. The standard InChI is InChI=1S/C7H15NO2/c8-3-1-7(9)6-2-4-10-5-6/h6-7,9H,1-5,8H2/t6?,7-/m1/s1. The summed E-state index contributed by atoms with van der Waals surface area (Å²) < 4.78 is 5.12. The molecule has 2 atom stereocenters. The number of hydrogen-bond acceptors (Lipinski definition) is 3. The predicted octanol–water partition coefficient (Wildman–Crippen LogP) is -0.267. The minimum atomic E-state index is -0.243. The van der Waals surface area contributed by atoms with Crippen molar-refractivity contribution in [3.8, 4) is 0 Å². The van der Waals surface area contributed by atoms with Crippen molar-refractivity contribution in [2.24, 2.45) is 11.7 Å². The Hall–Kier alpha value is -0.120. The molecule has 1 fully saturated rings. The first-order valence-electron chi connectivity index (χ1n) is 3.80. The van der Waals surface area contributed by atoms with E-state index in [1.54, 1.807) is 0 Å². The van der Waals surface area contributed by atoms with Gasteiger partial charge in [-0.25, -0.2) is 0 Å². The van der Waals surface area contributed by atoms with Crippen LogP contribution in [-0.2, 0) is 4.74 Å². The lowest BCUT2D eigenvalue weighted by Gasteiger charge is -2.14. The molecule has 3 heteroatoms. The zero-order chi connectivity index (χ0) is 7.40. The fourth-order valence-corrected chi connectivity index (χ4v) is 1.26. The fourth-order valence-electron chi connectivity index (χ4n) is 1.26. The van der Waals surface area contributed by atoms with Crippen LogP contribution in [0.1, 0.15) is 12.8 Å². The zero-order valence-electron chi connectivity index (χ0n) is 6.12. The van der Waals surface area contributed by atoms with Gasteiger partial charge in [0.05, 0.1) is 12.7 Å². The summed E-state index contributed by atoms with van der Waals surface area (Å²) >= 11 is 0. The maximum absolute atomic E-state index is 9.39. The van der Waals surface area contributed by atoms with E-state index >= 15 is 0 Å². The molecule has 1 unspecified atom stereocenters. The van der Waals surface area contributed by atoms with E-state index in [0.717, 1.165) is 13.0 Å². The maximum Gasteiger partial charge on any atom is 0.0603 e. The molecule has 1 aliphatic rings. The van der Waals surface area contributed by atoms with Crippen LogP contribution in [0.5, 0.6) is 0 Å². The molecule has 0 aromatic rings. The molecule has 1 saturated heterocycles. The average molecular weight is 145 g/mol. The van der Waals surface area contributed by atoms with Crippen LogP contribution in [0.2, 0.25) is 0 Å². The van der Waals surface area contributed by atoms with E-state index in [1.165, 1.54) is 0 Å². The van der Waals surface area contributed by atoms with Crippen LogP contribution in [0, 0.1) is 5.92 Å². The highest BCUT2D eigenvalue weighted by atomic mass is 16.5. The fraction of sp³-hybridized carbons (Fsp3) is 1.00. The van der Waals surface area contributed by atoms with Crippen molar-refractivity contribution in [3.63, 3.8) is 0 Å². The Labute approximate surface area is 61.2 Å². The summed E-state index contributed by atoms with van der Waals surface area (Å²) in [6.07, 6.45) is 1.45. The van der Waals surface area contributed by atoms with Crippen molar-refractivity contribution in [3.05, 3.63) is 0 Å². The molecule has 10 heavy (non-hydrogen) atoms. The van der Waals surface area contributed by atoms with Gasteiger partial charge in [0.2, 0.25) is 0 Å². The maximum atomic E-state index is 9.39. The van der Waals surface area contributed by atoms with Crippen LogP contribution in [0.4, 0.5) is 0 Å². The minimum absolute atomic E-state index is 0.243. The van der Waals surface area contributed by atoms with Gasteiger partial charge >= 0.3 is 0 Å². The van der Waals surface area contributed by atoms with Gasteiger partial charge in [-0.2, -0.15) is 0 Å². The summed E-state index contributed by atoms with van der Waals surface area (Å²) in [6, 6.07) is 0. The molecule has 0 radical (unpaired) electrons. The zero-order valence-corrected chi connectivity index (χ0v) is 6.12. The van der Waals surface area contributed by atoms with Gasteiger partial charge in [0.1, 0.15) is 0 Å². The molecule has 1 rings (SSSR count). The van der Waals surface area contributed by atoms with E-state index in [-0.39, 0.29) is 6.10 Å². The van der Waals surface area contributed by atoms with Crippen molar-refractivity contribution >= 4 is 0 Å². The van der Waals surface area contributed by atoms with Gasteiger partial charge in [-0.3, -0.25) is 0 Å². The molecule has 0 aromatic heterocycles. The van der Waals surface area contributed by atoms with Crippen molar-refractivity contribution in [1.82, 2.24) is 0 Å². The Kier molecular flexibility index (Phi) is 3.12. The number of hydrogen-bond donors (Lipinski definition) is 2. The van der Waals surface area contributed by atoms with Gasteiger partial charge in [-0.1, -0.05) is 0 Å². The van der Waals surface area contributed by atoms with Crippen molar-refractivity contribution in [1.29, 1.82) is 0 Å². The lowest BCUT2D eigenvalue weighted by Crippen LogP contribution is -2.23. The lowest BCUT2D eigenvalue weighted by molar-refractivity contribution is 0.0867. The van der Waals surface area contributed by atoms with Gasteiger partial charge in [0, 0.05) is 12.5 Å². The minimum Gasteiger partial charge on any atom is -0.393 e. The molecule has 0 bridgehead atoms. The highest BCUT2D eigenvalue weighted by Crippen LogP contribution is 2.17. The summed E-state index contributed by atoms with van der Waals surface area (Å²) in [7, 11) is 0. The van der Waals surface area contributed by atoms with Gasteiger partial charge in [-0.05, 0) is 19.4 Å². The normalized spacial score (nSPS) is 28.8. The van der Waals surface area contributed by atoms with E-state index in [4.69, 9.17) is 10.5 Å². The molecule has 0 spiro atoms. The number of ether oxygens (including phenoxy) is 1. The summed E-state index contributed by atoms with van der Waals surface area (Å²) in [5.74, 6) is 0.337.